The molecular formula is C17H23NOS. The van der Waals surface area contributed by atoms with Crippen molar-refractivity contribution in [3.05, 3.63) is 29.8 Å². The average Bonchev–Trinajstić information content (AvgIpc) is 2.91. The normalized spacial score (nSPS) is 33.7. The van der Waals surface area contributed by atoms with Crippen molar-refractivity contribution in [2.45, 2.75) is 48.6 Å². The second kappa shape index (κ2) is 5.70. The lowest BCUT2D eigenvalue weighted by atomic mass is 9.89. The smallest absolute Gasteiger partial charge is 0.0730 e. The molecule has 2 nitrogen and oxygen atoms in total. The number of nitrogens with zero attached hydrogens (tertiary/aromatic N) is 1. The van der Waals surface area contributed by atoms with Crippen LogP contribution in [-0.2, 0) is 4.74 Å². The zero-order valence-corrected chi connectivity index (χ0v) is 12.8. The first kappa shape index (κ1) is 13.2. The number of morpholine rings is 1. The molecular weight excluding hydrogens is 266 g/mol. The summed E-state index contributed by atoms with van der Waals surface area (Å²) >= 11 is 2.04. The SMILES string of the molecule is c1ccc2c(c1)SCC2CN1CCOC2CCCCC21. The van der Waals surface area contributed by atoms with Gasteiger partial charge in [0.05, 0.1) is 12.7 Å². The zero-order valence-electron chi connectivity index (χ0n) is 12.0. The topological polar surface area (TPSA) is 12.5 Å². The van der Waals surface area contributed by atoms with Gasteiger partial charge in [-0.25, -0.2) is 0 Å². The van der Waals surface area contributed by atoms with Crippen molar-refractivity contribution in [1.82, 2.24) is 4.90 Å². The molecule has 0 amide bonds. The van der Waals surface area contributed by atoms with E-state index in [4.69, 9.17) is 4.74 Å². The molecule has 3 unspecified atom stereocenters. The van der Waals surface area contributed by atoms with Crippen LogP contribution in [0.1, 0.15) is 37.2 Å². The van der Waals surface area contributed by atoms with E-state index in [1.54, 1.807) is 5.56 Å². The highest BCUT2D eigenvalue weighted by Crippen LogP contribution is 2.40. The van der Waals surface area contributed by atoms with Gasteiger partial charge in [-0.3, -0.25) is 4.90 Å². The third-order valence-electron chi connectivity index (χ3n) is 5.10. The molecule has 2 heterocycles. The van der Waals surface area contributed by atoms with E-state index in [1.165, 1.54) is 42.9 Å². The van der Waals surface area contributed by atoms with E-state index >= 15 is 0 Å². The zero-order chi connectivity index (χ0) is 13.4. The molecule has 2 fully saturated rings. The highest BCUT2D eigenvalue weighted by molar-refractivity contribution is 7.99. The Morgan fingerprint density at radius 3 is 3.10 bits per heavy atom. The summed E-state index contributed by atoms with van der Waals surface area (Å²) in [6.45, 7) is 3.29. The van der Waals surface area contributed by atoms with Gasteiger partial charge in [-0.1, -0.05) is 31.0 Å². The van der Waals surface area contributed by atoms with Crippen molar-refractivity contribution in [3.63, 3.8) is 0 Å². The standard InChI is InChI=1S/C17H23NOS/c1-4-8-17-14(5-1)13(12-20-17)11-18-9-10-19-16-7-3-2-6-15(16)18/h1,4-5,8,13,15-16H,2-3,6-7,9-12H2. The lowest BCUT2D eigenvalue weighted by Gasteiger charge is -2.44. The predicted molar refractivity (Wildman–Crippen MR) is 83.5 cm³/mol. The summed E-state index contributed by atoms with van der Waals surface area (Å²) < 4.78 is 6.00. The average molecular weight is 289 g/mol. The van der Waals surface area contributed by atoms with Gasteiger partial charge < -0.3 is 4.74 Å². The van der Waals surface area contributed by atoms with Crippen LogP contribution >= 0.6 is 11.8 Å². The number of hydrogen-bond donors (Lipinski definition) is 0. The molecule has 3 aliphatic rings. The molecule has 3 atom stereocenters. The first-order chi connectivity index (χ1) is 9.92. The van der Waals surface area contributed by atoms with Crippen molar-refractivity contribution >= 4 is 11.8 Å². The second-order valence-corrected chi connectivity index (χ2v) is 7.36. The number of hydrogen-bond acceptors (Lipinski definition) is 3. The number of fused-ring (bicyclic) bond motifs is 2. The van der Waals surface area contributed by atoms with E-state index in [9.17, 15) is 0 Å². The first-order valence-corrected chi connectivity index (χ1v) is 8.98. The summed E-state index contributed by atoms with van der Waals surface area (Å²) in [5, 5.41) is 0. The van der Waals surface area contributed by atoms with Crippen LogP contribution in [0.25, 0.3) is 0 Å². The van der Waals surface area contributed by atoms with Gasteiger partial charge >= 0.3 is 0 Å². The molecule has 1 aromatic carbocycles. The third kappa shape index (κ3) is 2.40. The summed E-state index contributed by atoms with van der Waals surface area (Å²) in [4.78, 5) is 4.24. The molecule has 1 aliphatic carbocycles. The fourth-order valence-electron chi connectivity index (χ4n) is 4.07. The van der Waals surface area contributed by atoms with Gasteiger partial charge in [0.25, 0.3) is 0 Å². The maximum absolute atomic E-state index is 6.00. The van der Waals surface area contributed by atoms with E-state index in [1.807, 2.05) is 11.8 Å². The quantitative estimate of drug-likeness (QED) is 0.826. The molecule has 2 aliphatic heterocycles. The molecule has 1 aromatic rings. The van der Waals surface area contributed by atoms with Crippen LogP contribution in [0, 0.1) is 0 Å². The Hall–Kier alpha value is -0.510. The van der Waals surface area contributed by atoms with Crippen molar-refractivity contribution < 1.29 is 4.74 Å². The molecule has 0 bridgehead atoms. The number of rotatable bonds is 2. The van der Waals surface area contributed by atoms with Crippen molar-refractivity contribution in [1.29, 1.82) is 0 Å². The van der Waals surface area contributed by atoms with Crippen molar-refractivity contribution in [2.24, 2.45) is 0 Å². The van der Waals surface area contributed by atoms with Crippen LogP contribution in [0.15, 0.2) is 29.2 Å². The fraction of sp³-hybridized carbons (Fsp3) is 0.647. The summed E-state index contributed by atoms with van der Waals surface area (Å²) in [6.07, 6.45) is 5.87. The lowest BCUT2D eigenvalue weighted by Crippen LogP contribution is -2.53. The van der Waals surface area contributed by atoms with E-state index in [-0.39, 0.29) is 0 Å². The molecule has 0 aromatic heterocycles. The highest BCUT2D eigenvalue weighted by atomic mass is 32.2. The van der Waals surface area contributed by atoms with Gasteiger partial charge in [0.1, 0.15) is 0 Å². The highest BCUT2D eigenvalue weighted by Gasteiger charge is 2.36. The van der Waals surface area contributed by atoms with Crippen LogP contribution in [0.3, 0.4) is 0 Å². The Morgan fingerprint density at radius 2 is 2.10 bits per heavy atom. The Morgan fingerprint density at radius 1 is 1.20 bits per heavy atom. The summed E-state index contributed by atoms with van der Waals surface area (Å²) in [6, 6.07) is 9.66. The van der Waals surface area contributed by atoms with Gasteiger partial charge in [0, 0.05) is 35.7 Å². The third-order valence-corrected chi connectivity index (χ3v) is 6.35. The van der Waals surface area contributed by atoms with Gasteiger partial charge in [-0.05, 0) is 24.5 Å². The Bertz CT molecular complexity index is 476. The van der Waals surface area contributed by atoms with E-state index < -0.39 is 0 Å². The monoisotopic (exact) mass is 289 g/mol. The predicted octanol–water partition coefficient (Wildman–Crippen LogP) is 3.52. The minimum absolute atomic E-state index is 0.516. The molecule has 20 heavy (non-hydrogen) atoms. The summed E-state index contributed by atoms with van der Waals surface area (Å²) in [7, 11) is 0. The molecule has 1 saturated heterocycles. The minimum Gasteiger partial charge on any atom is -0.375 e. The minimum atomic E-state index is 0.516. The van der Waals surface area contributed by atoms with Crippen molar-refractivity contribution in [3.8, 4) is 0 Å². The molecule has 3 heteroatoms. The van der Waals surface area contributed by atoms with E-state index in [0.717, 1.165) is 19.1 Å². The Kier molecular flexibility index (Phi) is 3.76. The molecule has 0 radical (unpaired) electrons. The van der Waals surface area contributed by atoms with Gasteiger partial charge in [0.2, 0.25) is 0 Å². The van der Waals surface area contributed by atoms with E-state index in [2.05, 4.69) is 29.2 Å². The van der Waals surface area contributed by atoms with E-state index in [0.29, 0.717) is 12.1 Å². The van der Waals surface area contributed by atoms with Gasteiger partial charge in [0.15, 0.2) is 0 Å². The molecule has 1 saturated carbocycles. The Balaban J connectivity index is 1.49. The lowest BCUT2D eigenvalue weighted by molar-refractivity contribution is -0.0890. The van der Waals surface area contributed by atoms with Crippen LogP contribution in [-0.4, -0.2) is 42.5 Å². The molecule has 4 rings (SSSR count). The molecule has 108 valence electrons. The number of thioether (sulfide) groups is 1. The molecule has 0 N–H and O–H groups in total. The van der Waals surface area contributed by atoms with Crippen LogP contribution < -0.4 is 0 Å². The number of ether oxygens (including phenoxy) is 1. The summed E-state index contributed by atoms with van der Waals surface area (Å²) in [5.74, 6) is 1.98. The van der Waals surface area contributed by atoms with Crippen molar-refractivity contribution in [2.75, 3.05) is 25.4 Å². The maximum atomic E-state index is 6.00. The molecule has 0 spiro atoms. The van der Waals surface area contributed by atoms with Crippen LogP contribution in [0.5, 0.6) is 0 Å². The Labute approximate surface area is 125 Å². The van der Waals surface area contributed by atoms with Crippen LogP contribution in [0.4, 0.5) is 0 Å². The first-order valence-electron chi connectivity index (χ1n) is 7.99. The largest absolute Gasteiger partial charge is 0.375 e. The number of benzene rings is 1. The van der Waals surface area contributed by atoms with Crippen LogP contribution in [0.2, 0.25) is 0 Å². The second-order valence-electron chi connectivity index (χ2n) is 6.30. The van der Waals surface area contributed by atoms with Gasteiger partial charge in [-0.15, -0.1) is 11.8 Å². The fourth-order valence-corrected chi connectivity index (χ4v) is 5.31. The maximum Gasteiger partial charge on any atom is 0.0730 e. The van der Waals surface area contributed by atoms with Gasteiger partial charge in [-0.2, -0.15) is 0 Å². The summed E-state index contributed by atoms with van der Waals surface area (Å²) in [5.41, 5.74) is 1.58.